The number of imidazole rings is 1. The lowest BCUT2D eigenvalue weighted by atomic mass is 10.2. The molecule has 0 spiro atoms. The van der Waals surface area contributed by atoms with E-state index in [9.17, 15) is 8.42 Å². The van der Waals surface area contributed by atoms with Gasteiger partial charge in [0.2, 0.25) is 0 Å². The molecule has 0 saturated carbocycles. The number of anilines is 1. The Kier molecular flexibility index (Phi) is 4.61. The number of piperazine rings is 1. The van der Waals surface area contributed by atoms with Crippen LogP contribution in [0.5, 0.6) is 0 Å². The van der Waals surface area contributed by atoms with Crippen LogP contribution in [-0.2, 0) is 10.0 Å². The topological polar surface area (TPSA) is 80.1 Å². The van der Waals surface area contributed by atoms with E-state index in [1.807, 2.05) is 13.8 Å². The van der Waals surface area contributed by atoms with Gasteiger partial charge in [-0.1, -0.05) is 32.0 Å². The Labute approximate surface area is 159 Å². The van der Waals surface area contributed by atoms with Crippen molar-refractivity contribution in [3.05, 3.63) is 48.4 Å². The predicted octanol–water partition coefficient (Wildman–Crippen LogP) is 2.20. The SMILES string of the molecule is CC(C)c1nc2c(N3CCNCC3)nccc2n1S(=O)(=O)c1ccccc1. The van der Waals surface area contributed by atoms with E-state index in [0.717, 1.165) is 32.0 Å². The third-order valence-electron chi connectivity index (χ3n) is 4.75. The zero-order chi connectivity index (χ0) is 19.0. The normalized spacial score (nSPS) is 15.6. The van der Waals surface area contributed by atoms with Gasteiger partial charge in [0.15, 0.2) is 5.82 Å². The highest BCUT2D eigenvalue weighted by Gasteiger charge is 2.28. The largest absolute Gasteiger partial charge is 0.352 e. The molecule has 0 amide bonds. The molecule has 0 bridgehead atoms. The molecule has 1 aromatic carbocycles. The molecule has 3 heterocycles. The van der Waals surface area contributed by atoms with Gasteiger partial charge in [-0.2, -0.15) is 0 Å². The van der Waals surface area contributed by atoms with E-state index in [1.165, 1.54) is 3.97 Å². The van der Waals surface area contributed by atoms with Crippen molar-refractivity contribution in [3.8, 4) is 0 Å². The summed E-state index contributed by atoms with van der Waals surface area (Å²) >= 11 is 0. The van der Waals surface area contributed by atoms with Gasteiger partial charge in [-0.25, -0.2) is 22.4 Å². The van der Waals surface area contributed by atoms with Crippen molar-refractivity contribution < 1.29 is 8.42 Å². The highest BCUT2D eigenvalue weighted by atomic mass is 32.2. The molecule has 142 valence electrons. The minimum absolute atomic E-state index is 0.0493. The van der Waals surface area contributed by atoms with Crippen molar-refractivity contribution >= 4 is 26.9 Å². The Balaban J connectivity index is 1.96. The van der Waals surface area contributed by atoms with Crippen LogP contribution >= 0.6 is 0 Å². The van der Waals surface area contributed by atoms with Crippen LogP contribution in [0.2, 0.25) is 0 Å². The summed E-state index contributed by atoms with van der Waals surface area (Å²) in [4.78, 5) is 11.7. The van der Waals surface area contributed by atoms with E-state index >= 15 is 0 Å². The molecule has 1 aliphatic heterocycles. The molecular weight excluding hydrogens is 362 g/mol. The van der Waals surface area contributed by atoms with Gasteiger partial charge in [0, 0.05) is 38.3 Å². The maximum absolute atomic E-state index is 13.4. The predicted molar refractivity (Wildman–Crippen MR) is 106 cm³/mol. The van der Waals surface area contributed by atoms with Crippen LogP contribution < -0.4 is 10.2 Å². The average Bonchev–Trinajstić information content (AvgIpc) is 3.10. The fraction of sp³-hybridized carbons (Fsp3) is 0.368. The Morgan fingerprint density at radius 2 is 1.78 bits per heavy atom. The van der Waals surface area contributed by atoms with Gasteiger partial charge in [-0.05, 0) is 18.2 Å². The number of fused-ring (bicyclic) bond motifs is 1. The molecule has 0 aliphatic carbocycles. The van der Waals surface area contributed by atoms with E-state index in [1.54, 1.807) is 42.6 Å². The van der Waals surface area contributed by atoms with Crippen LogP contribution in [0.3, 0.4) is 0 Å². The standard InChI is InChI=1S/C19H23N5O2S/c1-14(2)18-22-17-16(8-9-21-19(17)23-12-10-20-11-13-23)24(18)27(25,26)15-6-4-3-5-7-15/h3-9,14,20H,10-13H2,1-2H3. The van der Waals surface area contributed by atoms with Crippen LogP contribution in [0.1, 0.15) is 25.6 Å². The first-order chi connectivity index (χ1) is 13.0. The maximum atomic E-state index is 13.4. The second kappa shape index (κ2) is 6.94. The van der Waals surface area contributed by atoms with E-state index in [-0.39, 0.29) is 10.8 Å². The van der Waals surface area contributed by atoms with Crippen LogP contribution in [0, 0.1) is 0 Å². The van der Waals surface area contributed by atoms with Crippen LogP contribution in [-0.4, -0.2) is 48.5 Å². The van der Waals surface area contributed by atoms with E-state index in [0.29, 0.717) is 16.9 Å². The summed E-state index contributed by atoms with van der Waals surface area (Å²) in [6.07, 6.45) is 1.67. The number of rotatable bonds is 4. The first-order valence-electron chi connectivity index (χ1n) is 9.14. The van der Waals surface area contributed by atoms with Gasteiger partial charge in [0.25, 0.3) is 10.0 Å². The zero-order valence-electron chi connectivity index (χ0n) is 15.5. The van der Waals surface area contributed by atoms with Gasteiger partial charge in [-0.15, -0.1) is 0 Å². The molecule has 27 heavy (non-hydrogen) atoms. The molecule has 2 aromatic heterocycles. The summed E-state index contributed by atoms with van der Waals surface area (Å²) in [7, 11) is -3.75. The van der Waals surface area contributed by atoms with Gasteiger partial charge in [0.1, 0.15) is 11.3 Å². The zero-order valence-corrected chi connectivity index (χ0v) is 16.3. The molecule has 1 saturated heterocycles. The Morgan fingerprint density at radius 1 is 1.07 bits per heavy atom. The summed E-state index contributed by atoms with van der Waals surface area (Å²) in [5.74, 6) is 1.22. The van der Waals surface area contributed by atoms with Gasteiger partial charge in [-0.3, -0.25) is 0 Å². The summed E-state index contributed by atoms with van der Waals surface area (Å²) in [5.41, 5.74) is 1.22. The maximum Gasteiger partial charge on any atom is 0.269 e. The van der Waals surface area contributed by atoms with Crippen molar-refractivity contribution in [2.45, 2.75) is 24.7 Å². The van der Waals surface area contributed by atoms with Gasteiger partial charge >= 0.3 is 0 Å². The average molecular weight is 385 g/mol. The summed E-state index contributed by atoms with van der Waals surface area (Å²) < 4.78 is 28.2. The number of nitrogens with one attached hydrogen (secondary N) is 1. The van der Waals surface area contributed by atoms with Crippen LogP contribution in [0.25, 0.3) is 11.0 Å². The number of nitrogens with zero attached hydrogens (tertiary/aromatic N) is 4. The van der Waals surface area contributed by atoms with Gasteiger partial charge in [0.05, 0.1) is 10.4 Å². The Morgan fingerprint density at radius 3 is 2.44 bits per heavy atom. The minimum atomic E-state index is -3.75. The molecule has 0 unspecified atom stereocenters. The second-order valence-corrected chi connectivity index (χ2v) is 8.73. The van der Waals surface area contributed by atoms with Crippen molar-refractivity contribution in [2.75, 3.05) is 31.1 Å². The molecule has 4 rings (SSSR count). The van der Waals surface area contributed by atoms with Crippen molar-refractivity contribution in [2.24, 2.45) is 0 Å². The highest BCUT2D eigenvalue weighted by molar-refractivity contribution is 7.90. The molecule has 1 N–H and O–H groups in total. The molecular formula is C19H23N5O2S. The van der Waals surface area contributed by atoms with E-state index in [4.69, 9.17) is 4.98 Å². The van der Waals surface area contributed by atoms with E-state index < -0.39 is 10.0 Å². The number of hydrogen-bond acceptors (Lipinski definition) is 6. The Hall–Kier alpha value is -2.45. The van der Waals surface area contributed by atoms with Crippen LogP contribution in [0.15, 0.2) is 47.5 Å². The quantitative estimate of drug-likeness (QED) is 0.742. The molecule has 1 aliphatic rings. The minimum Gasteiger partial charge on any atom is -0.352 e. The molecule has 8 heteroatoms. The van der Waals surface area contributed by atoms with E-state index in [2.05, 4.69) is 15.2 Å². The Bertz CT molecular complexity index is 1050. The molecule has 0 radical (unpaired) electrons. The monoisotopic (exact) mass is 385 g/mol. The summed E-state index contributed by atoms with van der Waals surface area (Å²) in [6.45, 7) is 7.30. The lowest BCUT2D eigenvalue weighted by molar-refractivity contribution is 0.583. The number of benzene rings is 1. The lowest BCUT2D eigenvalue weighted by Crippen LogP contribution is -2.44. The third-order valence-corrected chi connectivity index (χ3v) is 6.48. The smallest absolute Gasteiger partial charge is 0.269 e. The first kappa shape index (κ1) is 17.9. The molecule has 3 aromatic rings. The first-order valence-corrected chi connectivity index (χ1v) is 10.6. The fourth-order valence-corrected chi connectivity index (χ4v) is 5.03. The highest BCUT2D eigenvalue weighted by Crippen LogP contribution is 2.31. The molecule has 1 fully saturated rings. The molecule has 0 atom stereocenters. The number of hydrogen-bond donors (Lipinski definition) is 1. The van der Waals surface area contributed by atoms with Crippen molar-refractivity contribution in [1.82, 2.24) is 19.3 Å². The summed E-state index contributed by atoms with van der Waals surface area (Å²) in [5, 5.41) is 3.32. The number of pyridine rings is 1. The number of aromatic nitrogens is 3. The fourth-order valence-electron chi connectivity index (χ4n) is 3.41. The molecule has 7 nitrogen and oxygen atoms in total. The van der Waals surface area contributed by atoms with Crippen molar-refractivity contribution in [1.29, 1.82) is 0 Å². The lowest BCUT2D eigenvalue weighted by Gasteiger charge is -2.28. The van der Waals surface area contributed by atoms with Gasteiger partial charge < -0.3 is 10.2 Å². The third kappa shape index (κ3) is 3.08. The van der Waals surface area contributed by atoms with Crippen LogP contribution in [0.4, 0.5) is 5.82 Å². The summed E-state index contributed by atoms with van der Waals surface area (Å²) in [6, 6.07) is 10.2. The van der Waals surface area contributed by atoms with Crippen molar-refractivity contribution in [3.63, 3.8) is 0 Å². The second-order valence-electron chi connectivity index (χ2n) is 6.95.